The molecule has 0 spiro atoms. The molecular weight excluding hydrogens is 463 g/mol. The van der Waals surface area contributed by atoms with E-state index in [9.17, 15) is 9.90 Å². The van der Waals surface area contributed by atoms with E-state index in [-0.39, 0.29) is 17.6 Å². The normalized spacial score (nSPS) is 24.1. The largest absolute Gasteiger partial charge is 0.384 e. The average molecular weight is 487 g/mol. The van der Waals surface area contributed by atoms with E-state index in [1.165, 1.54) is 0 Å². The van der Waals surface area contributed by atoms with Gasteiger partial charge in [0, 0.05) is 21.5 Å². The Kier molecular flexibility index (Phi) is 6.31. The Morgan fingerprint density at radius 1 is 0.706 bits per heavy atom. The maximum Gasteiger partial charge on any atom is 0.169 e. The molecule has 0 radical (unpaired) electrons. The molecular formula is C30H24Cl2O2. The lowest BCUT2D eigenvalue weighted by molar-refractivity contribution is -0.000254. The number of halogens is 2. The molecule has 4 heteroatoms. The lowest BCUT2D eigenvalue weighted by Gasteiger charge is -2.32. The summed E-state index contributed by atoms with van der Waals surface area (Å²) in [4.78, 5) is 14.1. The molecule has 170 valence electrons. The fraction of sp³-hybridized carbons (Fsp3) is 0.167. The highest BCUT2D eigenvalue weighted by molar-refractivity contribution is 6.30. The molecule has 34 heavy (non-hydrogen) atoms. The maximum atomic E-state index is 14.1. The SMILES string of the molecule is O=C(c1ccccc1)[C@H]1[C@H](c2ccc(Cl)cc2)[C@@H](c2ccc(Cl)cc2)C[C@]1(O)c1ccccc1. The van der Waals surface area contributed by atoms with Crippen LogP contribution in [0.25, 0.3) is 0 Å². The van der Waals surface area contributed by atoms with Crippen LogP contribution >= 0.6 is 23.2 Å². The molecule has 0 aliphatic heterocycles. The predicted molar refractivity (Wildman–Crippen MR) is 138 cm³/mol. The molecule has 4 aromatic rings. The molecule has 0 amide bonds. The number of hydrogen-bond donors (Lipinski definition) is 1. The van der Waals surface area contributed by atoms with Gasteiger partial charge in [0.2, 0.25) is 0 Å². The average Bonchev–Trinajstić information content (AvgIpc) is 3.20. The number of carbonyl (C=O) groups excluding carboxylic acids is 1. The predicted octanol–water partition coefficient (Wildman–Crippen LogP) is 7.65. The number of hydrogen-bond acceptors (Lipinski definition) is 2. The van der Waals surface area contributed by atoms with Gasteiger partial charge in [0.1, 0.15) is 5.60 Å². The van der Waals surface area contributed by atoms with Crippen molar-refractivity contribution in [2.24, 2.45) is 5.92 Å². The van der Waals surface area contributed by atoms with Crippen molar-refractivity contribution in [1.82, 2.24) is 0 Å². The molecule has 4 atom stereocenters. The van der Waals surface area contributed by atoms with Crippen LogP contribution in [0.2, 0.25) is 10.0 Å². The first-order valence-electron chi connectivity index (χ1n) is 11.4. The number of Topliss-reactive ketones (excluding diaryl/α,β-unsaturated/α-hetero) is 1. The summed E-state index contributed by atoms with van der Waals surface area (Å²) in [5.74, 6) is -1.10. The Morgan fingerprint density at radius 2 is 1.21 bits per heavy atom. The molecule has 2 nitrogen and oxygen atoms in total. The van der Waals surface area contributed by atoms with Crippen LogP contribution in [0.5, 0.6) is 0 Å². The van der Waals surface area contributed by atoms with Crippen molar-refractivity contribution in [3.05, 3.63) is 141 Å². The minimum Gasteiger partial charge on any atom is -0.384 e. The molecule has 1 aliphatic carbocycles. The van der Waals surface area contributed by atoms with Crippen LogP contribution in [0, 0.1) is 5.92 Å². The van der Waals surface area contributed by atoms with Gasteiger partial charge in [-0.15, -0.1) is 0 Å². The van der Waals surface area contributed by atoms with E-state index in [0.29, 0.717) is 22.0 Å². The molecule has 0 bridgehead atoms. The molecule has 4 aromatic carbocycles. The molecule has 0 saturated heterocycles. The summed E-state index contributed by atoms with van der Waals surface area (Å²) in [6.07, 6.45) is 0.412. The molecule has 0 aromatic heterocycles. The van der Waals surface area contributed by atoms with Gasteiger partial charge in [-0.05, 0) is 53.3 Å². The lowest BCUT2D eigenvalue weighted by atomic mass is 9.73. The summed E-state index contributed by atoms with van der Waals surface area (Å²) >= 11 is 12.4. The van der Waals surface area contributed by atoms with E-state index in [2.05, 4.69) is 0 Å². The summed E-state index contributed by atoms with van der Waals surface area (Å²) in [6.45, 7) is 0. The van der Waals surface area contributed by atoms with Crippen LogP contribution in [-0.4, -0.2) is 10.9 Å². The minimum atomic E-state index is -1.34. The number of ketones is 1. The van der Waals surface area contributed by atoms with Gasteiger partial charge < -0.3 is 5.11 Å². The fourth-order valence-electron chi connectivity index (χ4n) is 5.45. The van der Waals surface area contributed by atoms with Crippen LogP contribution < -0.4 is 0 Å². The Hall–Kier alpha value is -2.91. The summed E-state index contributed by atoms with van der Waals surface area (Å²) in [5, 5.41) is 13.6. The first-order chi connectivity index (χ1) is 16.5. The summed E-state index contributed by atoms with van der Waals surface area (Å²) in [6, 6.07) is 34.2. The maximum absolute atomic E-state index is 14.1. The Labute approximate surface area is 209 Å². The Balaban J connectivity index is 1.72. The fourth-order valence-corrected chi connectivity index (χ4v) is 5.70. The molecule has 1 saturated carbocycles. The quantitative estimate of drug-likeness (QED) is 0.294. The second-order valence-electron chi connectivity index (χ2n) is 8.94. The van der Waals surface area contributed by atoms with Crippen LogP contribution in [0.3, 0.4) is 0 Å². The lowest BCUT2D eigenvalue weighted by Crippen LogP contribution is -2.37. The van der Waals surface area contributed by atoms with Gasteiger partial charge in [0.15, 0.2) is 5.78 Å². The second-order valence-corrected chi connectivity index (χ2v) is 9.81. The summed E-state index contributed by atoms with van der Waals surface area (Å²) < 4.78 is 0. The van der Waals surface area contributed by atoms with Crippen molar-refractivity contribution in [1.29, 1.82) is 0 Å². The monoisotopic (exact) mass is 486 g/mol. The number of rotatable bonds is 5. The van der Waals surface area contributed by atoms with Crippen molar-refractivity contribution < 1.29 is 9.90 Å². The number of carbonyl (C=O) groups is 1. The highest BCUT2D eigenvalue weighted by Gasteiger charge is 2.57. The molecule has 1 N–H and O–H groups in total. The Morgan fingerprint density at radius 3 is 1.76 bits per heavy atom. The molecule has 1 aliphatic rings. The van der Waals surface area contributed by atoms with Crippen molar-refractivity contribution in [2.75, 3.05) is 0 Å². The van der Waals surface area contributed by atoms with Crippen molar-refractivity contribution in [2.45, 2.75) is 23.9 Å². The smallest absolute Gasteiger partial charge is 0.169 e. The molecule has 1 fully saturated rings. The van der Waals surface area contributed by atoms with E-state index in [0.717, 1.165) is 16.7 Å². The van der Waals surface area contributed by atoms with Crippen molar-refractivity contribution >= 4 is 29.0 Å². The minimum absolute atomic E-state index is 0.0663. The molecule has 0 heterocycles. The first kappa shape index (κ1) is 22.9. The van der Waals surface area contributed by atoms with Crippen molar-refractivity contribution in [3.63, 3.8) is 0 Å². The molecule has 0 unspecified atom stereocenters. The van der Waals surface area contributed by atoms with E-state index < -0.39 is 11.5 Å². The summed E-state index contributed by atoms with van der Waals surface area (Å²) in [7, 11) is 0. The zero-order valence-corrected chi connectivity index (χ0v) is 20.0. The van der Waals surface area contributed by atoms with Gasteiger partial charge >= 0.3 is 0 Å². The van der Waals surface area contributed by atoms with Crippen LogP contribution in [0.15, 0.2) is 109 Å². The third kappa shape index (κ3) is 4.18. The standard InChI is InChI=1S/C30H24Cl2O2/c31-24-15-11-20(12-16-24)26-19-30(34,23-9-5-2-6-10-23)28(29(33)22-7-3-1-4-8-22)27(26)21-13-17-25(32)18-14-21/h1-18,26-28,34H,19H2/t26-,27-,28-,30+/m1/s1. The van der Waals surface area contributed by atoms with E-state index in [4.69, 9.17) is 23.2 Å². The van der Waals surface area contributed by atoms with Gasteiger partial charge in [0.05, 0.1) is 5.92 Å². The number of aliphatic hydroxyl groups is 1. The Bertz CT molecular complexity index is 1270. The topological polar surface area (TPSA) is 37.3 Å². The van der Waals surface area contributed by atoms with Gasteiger partial charge in [-0.2, -0.15) is 0 Å². The van der Waals surface area contributed by atoms with E-state index in [1.54, 1.807) is 0 Å². The van der Waals surface area contributed by atoms with E-state index in [1.807, 2.05) is 109 Å². The van der Waals surface area contributed by atoms with Gasteiger partial charge in [-0.25, -0.2) is 0 Å². The van der Waals surface area contributed by atoms with Gasteiger partial charge in [0.25, 0.3) is 0 Å². The summed E-state index contributed by atoms with van der Waals surface area (Å²) in [5.41, 5.74) is 2.02. The van der Waals surface area contributed by atoms with Gasteiger partial charge in [-0.1, -0.05) is 108 Å². The molecule has 5 rings (SSSR count). The third-order valence-electron chi connectivity index (χ3n) is 7.01. The van der Waals surface area contributed by atoms with Crippen LogP contribution in [0.4, 0.5) is 0 Å². The zero-order chi connectivity index (χ0) is 23.7. The van der Waals surface area contributed by atoms with Crippen LogP contribution in [-0.2, 0) is 5.60 Å². The van der Waals surface area contributed by atoms with Crippen LogP contribution in [0.1, 0.15) is 45.3 Å². The highest BCUT2D eigenvalue weighted by Crippen LogP contribution is 2.59. The zero-order valence-electron chi connectivity index (χ0n) is 18.4. The van der Waals surface area contributed by atoms with E-state index >= 15 is 0 Å². The number of benzene rings is 4. The second kappa shape index (κ2) is 9.38. The first-order valence-corrected chi connectivity index (χ1v) is 12.1. The van der Waals surface area contributed by atoms with Gasteiger partial charge in [-0.3, -0.25) is 4.79 Å². The highest BCUT2D eigenvalue weighted by atomic mass is 35.5. The third-order valence-corrected chi connectivity index (χ3v) is 7.51. The van der Waals surface area contributed by atoms with Crippen molar-refractivity contribution in [3.8, 4) is 0 Å².